The smallest absolute Gasteiger partial charge is 0.0417 e. The van der Waals surface area contributed by atoms with Gasteiger partial charge in [-0.25, -0.2) is 0 Å². The highest BCUT2D eigenvalue weighted by Gasteiger charge is 2.17. The van der Waals surface area contributed by atoms with Crippen LogP contribution in [0.2, 0.25) is 5.02 Å². The summed E-state index contributed by atoms with van der Waals surface area (Å²) in [6.07, 6.45) is 8.25. The Kier molecular flexibility index (Phi) is 7.51. The van der Waals surface area contributed by atoms with Gasteiger partial charge in [-0.05, 0) is 57.1 Å². The van der Waals surface area contributed by atoms with Crippen molar-refractivity contribution in [3.63, 3.8) is 0 Å². The molecule has 4 heteroatoms. The zero-order valence-corrected chi connectivity index (χ0v) is 15.2. The molecule has 1 aromatic carbocycles. The molecule has 0 radical (unpaired) electrons. The molecule has 0 bridgehead atoms. The van der Waals surface area contributed by atoms with Crippen LogP contribution in [0.5, 0.6) is 0 Å². The maximum atomic E-state index is 5.95. The zero-order valence-electron chi connectivity index (χ0n) is 12.9. The molecular formula is C17H26BrClN2. The van der Waals surface area contributed by atoms with Gasteiger partial charge in [0.2, 0.25) is 0 Å². The van der Waals surface area contributed by atoms with Crippen LogP contribution in [0.4, 0.5) is 0 Å². The highest BCUT2D eigenvalue weighted by molar-refractivity contribution is 9.10. The van der Waals surface area contributed by atoms with E-state index in [-0.39, 0.29) is 0 Å². The lowest BCUT2D eigenvalue weighted by Gasteiger charge is -2.31. The summed E-state index contributed by atoms with van der Waals surface area (Å²) in [5.41, 5.74) is 1.26. The molecule has 0 heterocycles. The lowest BCUT2D eigenvalue weighted by atomic mass is 9.94. The normalized spacial score (nSPS) is 16.6. The van der Waals surface area contributed by atoms with E-state index in [1.165, 1.54) is 50.6 Å². The third kappa shape index (κ3) is 5.90. The zero-order chi connectivity index (χ0) is 15.1. The number of hydrogen-bond donors (Lipinski definition) is 1. The first-order valence-corrected chi connectivity index (χ1v) is 9.19. The van der Waals surface area contributed by atoms with E-state index in [4.69, 9.17) is 11.6 Å². The van der Waals surface area contributed by atoms with E-state index in [1.807, 2.05) is 12.1 Å². The van der Waals surface area contributed by atoms with E-state index in [0.29, 0.717) is 0 Å². The first-order chi connectivity index (χ1) is 10.2. The predicted molar refractivity (Wildman–Crippen MR) is 95.0 cm³/mol. The highest BCUT2D eigenvalue weighted by Crippen LogP contribution is 2.22. The van der Waals surface area contributed by atoms with Crippen LogP contribution in [-0.2, 0) is 6.54 Å². The molecule has 1 aliphatic rings. The second kappa shape index (κ2) is 9.14. The number of rotatable bonds is 7. The fourth-order valence-corrected chi connectivity index (χ4v) is 3.87. The molecule has 0 spiro atoms. The van der Waals surface area contributed by atoms with Crippen molar-refractivity contribution in [2.75, 3.05) is 20.1 Å². The second-order valence-electron chi connectivity index (χ2n) is 6.04. The molecule has 118 valence electrons. The molecule has 21 heavy (non-hydrogen) atoms. The molecule has 2 nitrogen and oxygen atoms in total. The minimum Gasteiger partial charge on any atom is -0.313 e. The van der Waals surface area contributed by atoms with Crippen molar-refractivity contribution in [1.29, 1.82) is 0 Å². The third-order valence-corrected chi connectivity index (χ3v) is 5.37. The van der Waals surface area contributed by atoms with Gasteiger partial charge in [-0.15, -0.1) is 0 Å². The number of nitrogens with one attached hydrogen (secondary N) is 1. The summed E-state index contributed by atoms with van der Waals surface area (Å²) in [4.78, 5) is 2.55. The highest BCUT2D eigenvalue weighted by atomic mass is 79.9. The van der Waals surface area contributed by atoms with Crippen molar-refractivity contribution in [3.05, 3.63) is 33.3 Å². The van der Waals surface area contributed by atoms with Crippen LogP contribution < -0.4 is 5.32 Å². The summed E-state index contributed by atoms with van der Waals surface area (Å²) in [5, 5.41) is 4.30. The lowest BCUT2D eigenvalue weighted by molar-refractivity contribution is 0.189. The van der Waals surface area contributed by atoms with Crippen molar-refractivity contribution in [2.24, 2.45) is 0 Å². The average Bonchev–Trinajstić information content (AvgIpc) is 2.49. The summed E-state index contributed by atoms with van der Waals surface area (Å²) in [6, 6.07) is 6.80. The lowest BCUT2D eigenvalue weighted by Crippen LogP contribution is -2.35. The molecule has 0 unspecified atom stereocenters. The third-order valence-electron chi connectivity index (χ3n) is 4.39. The summed E-state index contributed by atoms with van der Waals surface area (Å²) >= 11 is 9.51. The Balaban J connectivity index is 1.61. The summed E-state index contributed by atoms with van der Waals surface area (Å²) in [6.45, 7) is 3.15. The Hall–Kier alpha value is -0.0900. The van der Waals surface area contributed by atoms with E-state index in [1.54, 1.807) is 0 Å². The van der Waals surface area contributed by atoms with Gasteiger partial charge in [0, 0.05) is 22.1 Å². The first kappa shape index (κ1) is 17.3. The van der Waals surface area contributed by atoms with Crippen LogP contribution in [0.25, 0.3) is 0 Å². The molecular weight excluding hydrogens is 348 g/mol. The number of halogens is 2. The predicted octanol–water partition coefficient (Wildman–Crippen LogP) is 4.85. The van der Waals surface area contributed by atoms with Crippen molar-refractivity contribution in [3.8, 4) is 0 Å². The minimum absolute atomic E-state index is 0.778. The van der Waals surface area contributed by atoms with Gasteiger partial charge in [0.25, 0.3) is 0 Å². The molecule has 0 aromatic heterocycles. The molecule has 0 atom stereocenters. The van der Waals surface area contributed by atoms with Crippen LogP contribution in [0.1, 0.15) is 44.1 Å². The molecule has 1 saturated carbocycles. The molecule has 1 aromatic rings. The fraction of sp³-hybridized carbons (Fsp3) is 0.647. The van der Waals surface area contributed by atoms with Gasteiger partial charge in [-0.3, -0.25) is 0 Å². The van der Waals surface area contributed by atoms with Crippen LogP contribution in [-0.4, -0.2) is 31.1 Å². The number of nitrogens with zero attached hydrogens (tertiary/aromatic N) is 1. The average molecular weight is 374 g/mol. The van der Waals surface area contributed by atoms with Crippen LogP contribution in [0.15, 0.2) is 22.7 Å². The Morgan fingerprint density at radius 3 is 2.76 bits per heavy atom. The molecule has 1 aliphatic carbocycles. The maximum absolute atomic E-state index is 5.95. The Labute approximate surface area is 142 Å². The summed E-state index contributed by atoms with van der Waals surface area (Å²) in [5.74, 6) is 0. The molecule has 1 fully saturated rings. The quantitative estimate of drug-likeness (QED) is 0.687. The molecule has 0 amide bonds. The maximum Gasteiger partial charge on any atom is 0.0417 e. The van der Waals surface area contributed by atoms with Gasteiger partial charge < -0.3 is 10.2 Å². The number of benzene rings is 1. The Bertz CT molecular complexity index is 433. The standard InChI is InChI=1S/C17H26BrClN2/c1-21(16-6-3-2-4-7-16)11-5-10-20-13-14-8-9-15(19)12-17(14)18/h8-9,12,16,20H,2-7,10-11,13H2,1H3. The Morgan fingerprint density at radius 2 is 2.05 bits per heavy atom. The molecule has 2 rings (SSSR count). The van der Waals surface area contributed by atoms with Gasteiger partial charge in [-0.1, -0.05) is 52.9 Å². The van der Waals surface area contributed by atoms with Gasteiger partial charge >= 0.3 is 0 Å². The SMILES string of the molecule is CN(CCCNCc1ccc(Cl)cc1Br)C1CCCCC1. The van der Waals surface area contributed by atoms with Crippen LogP contribution in [0.3, 0.4) is 0 Å². The van der Waals surface area contributed by atoms with Gasteiger partial charge in [0.15, 0.2) is 0 Å². The van der Waals surface area contributed by atoms with Gasteiger partial charge in [0.05, 0.1) is 0 Å². The van der Waals surface area contributed by atoms with Gasteiger partial charge in [-0.2, -0.15) is 0 Å². The first-order valence-electron chi connectivity index (χ1n) is 8.01. The molecule has 0 aliphatic heterocycles. The largest absolute Gasteiger partial charge is 0.313 e. The minimum atomic E-state index is 0.778. The van der Waals surface area contributed by atoms with E-state index in [9.17, 15) is 0 Å². The summed E-state index contributed by atoms with van der Waals surface area (Å²) < 4.78 is 1.09. The van der Waals surface area contributed by atoms with E-state index in [0.717, 1.165) is 28.6 Å². The monoisotopic (exact) mass is 372 g/mol. The van der Waals surface area contributed by atoms with Crippen LogP contribution >= 0.6 is 27.5 Å². The second-order valence-corrected chi connectivity index (χ2v) is 7.33. The molecule has 1 N–H and O–H groups in total. The van der Waals surface area contributed by atoms with Crippen molar-refractivity contribution >= 4 is 27.5 Å². The summed E-state index contributed by atoms with van der Waals surface area (Å²) in [7, 11) is 2.28. The van der Waals surface area contributed by atoms with Crippen molar-refractivity contribution < 1.29 is 0 Å². The van der Waals surface area contributed by atoms with Crippen molar-refractivity contribution in [1.82, 2.24) is 10.2 Å². The van der Waals surface area contributed by atoms with Crippen molar-refractivity contribution in [2.45, 2.75) is 51.1 Å². The van der Waals surface area contributed by atoms with E-state index in [2.05, 4.69) is 39.3 Å². The molecule has 0 saturated heterocycles. The van der Waals surface area contributed by atoms with Crippen LogP contribution in [0, 0.1) is 0 Å². The van der Waals surface area contributed by atoms with E-state index >= 15 is 0 Å². The van der Waals surface area contributed by atoms with Gasteiger partial charge in [0.1, 0.15) is 0 Å². The topological polar surface area (TPSA) is 15.3 Å². The Morgan fingerprint density at radius 1 is 1.29 bits per heavy atom. The van der Waals surface area contributed by atoms with E-state index < -0.39 is 0 Å². The fourth-order valence-electron chi connectivity index (χ4n) is 3.05. The number of hydrogen-bond acceptors (Lipinski definition) is 2.